The third-order valence-electron chi connectivity index (χ3n) is 5.37. The summed E-state index contributed by atoms with van der Waals surface area (Å²) in [4.78, 5) is 32.7. The van der Waals surface area contributed by atoms with E-state index in [1.807, 2.05) is 30.3 Å². The Morgan fingerprint density at radius 2 is 1.82 bits per heavy atom. The van der Waals surface area contributed by atoms with Crippen LogP contribution in [0, 0.1) is 5.82 Å². The van der Waals surface area contributed by atoms with E-state index in [1.54, 1.807) is 11.0 Å². The van der Waals surface area contributed by atoms with Crippen LogP contribution < -0.4 is 0 Å². The van der Waals surface area contributed by atoms with Crippen molar-refractivity contribution < 1.29 is 18.8 Å². The lowest BCUT2D eigenvalue weighted by atomic mass is 9.88. The lowest BCUT2D eigenvalue weighted by Crippen LogP contribution is -2.47. The van der Waals surface area contributed by atoms with Crippen LogP contribution in [0.1, 0.15) is 35.2 Å². The number of halogens is 2. The Morgan fingerprint density at radius 1 is 1.11 bits per heavy atom. The minimum Gasteiger partial charge on any atom is -0.338 e. The summed E-state index contributed by atoms with van der Waals surface area (Å²) >= 11 is 5.79. The van der Waals surface area contributed by atoms with Crippen molar-refractivity contribution in [3.63, 3.8) is 0 Å². The molecule has 4 rings (SSSR count). The molecular formula is C21H20ClFN2O3. The minimum absolute atomic E-state index is 0.0300. The predicted octanol–water partition coefficient (Wildman–Crippen LogP) is 3.82. The first-order chi connectivity index (χ1) is 13.5. The lowest BCUT2D eigenvalue weighted by Gasteiger charge is -2.37. The second kappa shape index (κ2) is 7.53. The van der Waals surface area contributed by atoms with E-state index in [-0.39, 0.29) is 22.4 Å². The van der Waals surface area contributed by atoms with Crippen LogP contribution in [-0.2, 0) is 16.2 Å². The van der Waals surface area contributed by atoms with Gasteiger partial charge in [0.05, 0.1) is 23.6 Å². The van der Waals surface area contributed by atoms with Gasteiger partial charge in [-0.1, -0.05) is 48.0 Å². The summed E-state index contributed by atoms with van der Waals surface area (Å²) in [6, 6.07) is 14.1. The Bertz CT molecular complexity index is 898. The quantitative estimate of drug-likeness (QED) is 0.784. The molecule has 0 N–H and O–H groups in total. The Labute approximate surface area is 167 Å². The van der Waals surface area contributed by atoms with E-state index in [4.69, 9.17) is 16.4 Å². The predicted molar refractivity (Wildman–Crippen MR) is 102 cm³/mol. The Kier molecular flexibility index (Phi) is 5.08. The van der Waals surface area contributed by atoms with Crippen molar-refractivity contribution in [3.05, 3.63) is 70.5 Å². The molecule has 2 aliphatic heterocycles. The second-order valence-electron chi connectivity index (χ2n) is 7.26. The maximum Gasteiger partial charge on any atom is 0.256 e. The van der Waals surface area contributed by atoms with Crippen LogP contribution in [-0.4, -0.2) is 40.5 Å². The summed E-state index contributed by atoms with van der Waals surface area (Å²) in [5, 5.41) is 1.35. The molecule has 7 heteroatoms. The van der Waals surface area contributed by atoms with Gasteiger partial charge in [-0.25, -0.2) is 9.45 Å². The smallest absolute Gasteiger partial charge is 0.256 e. The number of carbonyl (C=O) groups excluding carboxylic acids is 2. The summed E-state index contributed by atoms with van der Waals surface area (Å²) in [5.41, 5.74) is 0.379. The first-order valence-electron chi connectivity index (χ1n) is 9.24. The molecular weight excluding hydrogens is 383 g/mol. The molecule has 2 saturated heterocycles. The van der Waals surface area contributed by atoms with E-state index in [9.17, 15) is 14.0 Å². The van der Waals surface area contributed by atoms with Crippen LogP contribution in [0.4, 0.5) is 4.39 Å². The third-order valence-corrected chi connectivity index (χ3v) is 5.66. The SMILES string of the molecule is O=C(c1cccc(Cl)c1F)N1CCC2(CC1)CC(=O)N(Cc1ccccc1)O2. The van der Waals surface area contributed by atoms with Crippen molar-refractivity contribution >= 4 is 23.4 Å². The summed E-state index contributed by atoms with van der Waals surface area (Å²) in [5.74, 6) is -1.14. The average molecular weight is 403 g/mol. The minimum atomic E-state index is -0.698. The van der Waals surface area contributed by atoms with Crippen molar-refractivity contribution in [2.45, 2.75) is 31.4 Å². The fourth-order valence-corrected chi connectivity index (χ4v) is 3.95. The molecule has 2 aromatic carbocycles. The normalized spacial score (nSPS) is 18.7. The first kappa shape index (κ1) is 18.9. The van der Waals surface area contributed by atoms with Gasteiger partial charge in [0.2, 0.25) is 5.91 Å². The molecule has 5 nitrogen and oxygen atoms in total. The van der Waals surface area contributed by atoms with E-state index in [0.29, 0.717) is 38.9 Å². The highest BCUT2D eigenvalue weighted by Gasteiger charge is 2.47. The van der Waals surface area contributed by atoms with Crippen molar-refractivity contribution in [1.29, 1.82) is 0 Å². The number of carbonyl (C=O) groups is 2. The van der Waals surface area contributed by atoms with Gasteiger partial charge >= 0.3 is 0 Å². The Balaban J connectivity index is 1.40. The number of nitrogens with zero attached hydrogens (tertiary/aromatic N) is 2. The highest BCUT2D eigenvalue weighted by Crippen LogP contribution is 2.37. The van der Waals surface area contributed by atoms with E-state index in [0.717, 1.165) is 5.56 Å². The molecule has 0 bridgehead atoms. The maximum absolute atomic E-state index is 14.2. The van der Waals surface area contributed by atoms with Crippen LogP contribution >= 0.6 is 11.6 Å². The van der Waals surface area contributed by atoms with Crippen molar-refractivity contribution in [2.24, 2.45) is 0 Å². The van der Waals surface area contributed by atoms with Crippen molar-refractivity contribution in [2.75, 3.05) is 13.1 Å². The number of hydrogen-bond donors (Lipinski definition) is 0. The van der Waals surface area contributed by atoms with E-state index >= 15 is 0 Å². The molecule has 0 aliphatic carbocycles. The van der Waals surface area contributed by atoms with E-state index < -0.39 is 11.4 Å². The lowest BCUT2D eigenvalue weighted by molar-refractivity contribution is -0.213. The zero-order chi connectivity index (χ0) is 19.7. The summed E-state index contributed by atoms with van der Waals surface area (Å²) in [6.45, 7) is 1.20. The van der Waals surface area contributed by atoms with Crippen LogP contribution in [0.25, 0.3) is 0 Å². The van der Waals surface area contributed by atoms with Gasteiger partial charge in [0.15, 0.2) is 5.82 Å². The summed E-state index contributed by atoms with van der Waals surface area (Å²) in [6.07, 6.45) is 1.35. The van der Waals surface area contributed by atoms with Crippen LogP contribution in [0.15, 0.2) is 48.5 Å². The van der Waals surface area contributed by atoms with Gasteiger partial charge < -0.3 is 4.90 Å². The highest BCUT2D eigenvalue weighted by atomic mass is 35.5. The molecule has 0 saturated carbocycles. The first-order valence-corrected chi connectivity index (χ1v) is 9.62. The second-order valence-corrected chi connectivity index (χ2v) is 7.67. The molecule has 1 spiro atoms. The third kappa shape index (κ3) is 3.62. The zero-order valence-electron chi connectivity index (χ0n) is 15.2. The van der Waals surface area contributed by atoms with E-state index in [1.165, 1.54) is 17.2 Å². The molecule has 0 radical (unpaired) electrons. The molecule has 28 heavy (non-hydrogen) atoms. The number of rotatable bonds is 3. The van der Waals surface area contributed by atoms with Gasteiger partial charge in [-0.15, -0.1) is 0 Å². The molecule has 2 heterocycles. The highest BCUT2D eigenvalue weighted by molar-refractivity contribution is 6.31. The number of hydrogen-bond acceptors (Lipinski definition) is 3. The number of hydroxylamine groups is 2. The molecule has 2 aromatic rings. The molecule has 146 valence electrons. The van der Waals surface area contributed by atoms with Gasteiger partial charge in [0.1, 0.15) is 5.60 Å². The largest absolute Gasteiger partial charge is 0.338 e. The molecule has 0 aromatic heterocycles. The monoisotopic (exact) mass is 402 g/mol. The van der Waals surface area contributed by atoms with Gasteiger partial charge in [0.25, 0.3) is 5.91 Å². The fraction of sp³-hybridized carbons (Fsp3) is 0.333. The van der Waals surface area contributed by atoms with Gasteiger partial charge in [-0.2, -0.15) is 0 Å². The van der Waals surface area contributed by atoms with Crippen molar-refractivity contribution in [3.8, 4) is 0 Å². The van der Waals surface area contributed by atoms with Gasteiger partial charge in [0, 0.05) is 13.1 Å². The molecule has 0 unspecified atom stereocenters. The Hall–Kier alpha value is -2.44. The molecule has 0 atom stereocenters. The van der Waals surface area contributed by atoms with Gasteiger partial charge in [-0.05, 0) is 30.5 Å². The number of benzene rings is 2. The molecule has 2 aliphatic rings. The molecule has 2 fully saturated rings. The fourth-order valence-electron chi connectivity index (χ4n) is 3.78. The van der Waals surface area contributed by atoms with Crippen LogP contribution in [0.5, 0.6) is 0 Å². The van der Waals surface area contributed by atoms with Crippen molar-refractivity contribution in [1.82, 2.24) is 9.96 Å². The maximum atomic E-state index is 14.2. The topological polar surface area (TPSA) is 49.9 Å². The summed E-state index contributed by atoms with van der Waals surface area (Å²) < 4.78 is 14.2. The van der Waals surface area contributed by atoms with Crippen LogP contribution in [0.2, 0.25) is 5.02 Å². The zero-order valence-corrected chi connectivity index (χ0v) is 16.0. The average Bonchev–Trinajstić information content (AvgIpc) is 2.99. The number of likely N-dealkylation sites (tertiary alicyclic amines) is 1. The van der Waals surface area contributed by atoms with Gasteiger partial charge in [-0.3, -0.25) is 14.4 Å². The summed E-state index contributed by atoms with van der Waals surface area (Å²) in [7, 11) is 0. The number of amides is 2. The standard InChI is InChI=1S/C21H20ClFN2O3/c22-17-8-4-7-16(19(17)23)20(27)24-11-9-21(10-12-24)13-18(26)25(28-21)14-15-5-2-1-3-6-15/h1-8H,9-14H2. The molecule has 2 amide bonds. The van der Waals surface area contributed by atoms with Crippen LogP contribution in [0.3, 0.4) is 0 Å². The van der Waals surface area contributed by atoms with E-state index in [2.05, 4.69) is 0 Å². The Morgan fingerprint density at radius 3 is 2.54 bits per heavy atom. The number of piperidine rings is 1.